The number of anilines is 1. The second-order valence-corrected chi connectivity index (χ2v) is 7.93. The Morgan fingerprint density at radius 3 is 2.89 bits per heavy atom. The van der Waals surface area contributed by atoms with Gasteiger partial charge in [-0.15, -0.1) is 11.3 Å². The van der Waals surface area contributed by atoms with Crippen molar-refractivity contribution in [2.45, 2.75) is 31.9 Å². The molecule has 2 aliphatic rings. The maximum atomic E-state index is 13.2. The second-order valence-electron chi connectivity index (χ2n) is 6.92. The molecule has 2 aliphatic heterocycles. The molecule has 2 atom stereocenters. The molecule has 3 heterocycles. The van der Waals surface area contributed by atoms with Crippen LogP contribution in [-0.4, -0.2) is 42.5 Å². The summed E-state index contributed by atoms with van der Waals surface area (Å²) in [5.74, 6) is -0.0736. The van der Waals surface area contributed by atoms with Gasteiger partial charge in [0.1, 0.15) is 5.75 Å². The van der Waals surface area contributed by atoms with Gasteiger partial charge in [-0.25, -0.2) is 0 Å². The summed E-state index contributed by atoms with van der Waals surface area (Å²) in [5, 5.41) is 2.13. The maximum absolute atomic E-state index is 13.2. The number of hydrogen-bond acceptors (Lipinski definition) is 5. The molecule has 1 aromatic carbocycles. The molecule has 0 radical (unpaired) electrons. The van der Waals surface area contributed by atoms with E-state index in [-0.39, 0.29) is 18.5 Å². The number of carbonyl (C=O) groups is 2. The number of amides is 2. The molecule has 2 N–H and O–H groups in total. The molecule has 0 fully saturated rings. The molecular formula is C20H23N3O3S. The van der Waals surface area contributed by atoms with Gasteiger partial charge in [0.05, 0.1) is 18.8 Å². The quantitative estimate of drug-likeness (QED) is 0.877. The molecule has 2 amide bonds. The van der Waals surface area contributed by atoms with Crippen LogP contribution in [-0.2, 0) is 16.0 Å². The van der Waals surface area contributed by atoms with Gasteiger partial charge in [-0.05, 0) is 42.0 Å². The van der Waals surface area contributed by atoms with E-state index < -0.39 is 12.0 Å². The Kier molecular flexibility index (Phi) is 4.88. The van der Waals surface area contributed by atoms with Crippen LogP contribution in [0.5, 0.6) is 5.75 Å². The average Bonchev–Trinajstić information content (AvgIpc) is 3.15. The molecule has 0 aliphatic carbocycles. The Balaban J connectivity index is 1.56. The summed E-state index contributed by atoms with van der Waals surface area (Å²) in [4.78, 5) is 30.2. The molecular weight excluding hydrogens is 362 g/mol. The molecule has 0 bridgehead atoms. The number of thiophene rings is 1. The van der Waals surface area contributed by atoms with Gasteiger partial charge in [0.2, 0.25) is 5.91 Å². The number of fused-ring (bicyclic) bond motifs is 2. The average molecular weight is 385 g/mol. The minimum absolute atomic E-state index is 0.0332. The van der Waals surface area contributed by atoms with Crippen molar-refractivity contribution in [3.8, 4) is 5.75 Å². The molecule has 0 saturated carbocycles. The zero-order chi connectivity index (χ0) is 19.0. The zero-order valence-electron chi connectivity index (χ0n) is 15.3. The minimum atomic E-state index is -0.823. The van der Waals surface area contributed by atoms with Crippen molar-refractivity contribution in [3.05, 3.63) is 46.2 Å². The highest BCUT2D eigenvalue weighted by Crippen LogP contribution is 2.36. The molecule has 4 rings (SSSR count). The molecule has 2 aromatic rings. The molecule has 7 heteroatoms. The Hall–Kier alpha value is -2.38. The standard InChI is InChI=1S/C20H23N3O3S/c1-2-14-13-8-10-27-18(13)7-9-22(14)12-19(24)23-11-17(20(21)25)26-16-6-4-3-5-15(16)23/h3-6,8,10,14,17H,2,7,9,11-12H2,1H3,(H2,21,25)/t14-,17+/m1/s1. The van der Waals surface area contributed by atoms with E-state index in [1.165, 1.54) is 10.4 Å². The van der Waals surface area contributed by atoms with E-state index in [2.05, 4.69) is 23.3 Å². The van der Waals surface area contributed by atoms with Gasteiger partial charge < -0.3 is 15.4 Å². The summed E-state index contributed by atoms with van der Waals surface area (Å²) in [6, 6.07) is 9.72. The van der Waals surface area contributed by atoms with Gasteiger partial charge in [0.25, 0.3) is 5.91 Å². The number of hydrogen-bond donors (Lipinski definition) is 1. The van der Waals surface area contributed by atoms with Crippen molar-refractivity contribution in [2.24, 2.45) is 5.73 Å². The van der Waals surface area contributed by atoms with E-state index in [1.807, 2.05) is 18.2 Å². The smallest absolute Gasteiger partial charge is 0.260 e. The summed E-state index contributed by atoms with van der Waals surface area (Å²) in [7, 11) is 0. The summed E-state index contributed by atoms with van der Waals surface area (Å²) < 4.78 is 5.66. The van der Waals surface area contributed by atoms with Crippen molar-refractivity contribution in [1.82, 2.24) is 4.90 Å². The lowest BCUT2D eigenvalue weighted by atomic mass is 9.98. The highest BCUT2D eigenvalue weighted by molar-refractivity contribution is 7.10. The molecule has 0 spiro atoms. The van der Waals surface area contributed by atoms with Gasteiger partial charge in [0, 0.05) is 17.5 Å². The zero-order valence-corrected chi connectivity index (χ0v) is 16.1. The number of ether oxygens (including phenoxy) is 1. The van der Waals surface area contributed by atoms with E-state index in [0.29, 0.717) is 18.0 Å². The van der Waals surface area contributed by atoms with Crippen molar-refractivity contribution in [3.63, 3.8) is 0 Å². The van der Waals surface area contributed by atoms with Gasteiger partial charge in [-0.2, -0.15) is 0 Å². The number of para-hydroxylation sites is 2. The Morgan fingerprint density at radius 2 is 2.11 bits per heavy atom. The van der Waals surface area contributed by atoms with E-state index in [4.69, 9.17) is 10.5 Å². The van der Waals surface area contributed by atoms with Crippen LogP contribution in [0.2, 0.25) is 0 Å². The number of benzene rings is 1. The van der Waals surface area contributed by atoms with Crippen molar-refractivity contribution in [1.29, 1.82) is 0 Å². The lowest BCUT2D eigenvalue weighted by Gasteiger charge is -2.38. The second kappa shape index (κ2) is 7.32. The SMILES string of the molecule is CC[C@@H]1c2ccsc2CCN1CC(=O)N1C[C@@H](C(N)=O)Oc2ccccc21. The molecule has 27 heavy (non-hydrogen) atoms. The number of carbonyl (C=O) groups excluding carboxylic acids is 2. The fourth-order valence-corrected chi connectivity index (χ4v) is 4.92. The predicted molar refractivity (Wildman–Crippen MR) is 105 cm³/mol. The van der Waals surface area contributed by atoms with Crippen molar-refractivity contribution in [2.75, 3.05) is 24.5 Å². The monoisotopic (exact) mass is 385 g/mol. The van der Waals surface area contributed by atoms with Crippen LogP contribution in [0.4, 0.5) is 5.69 Å². The van der Waals surface area contributed by atoms with Crippen LogP contribution < -0.4 is 15.4 Å². The molecule has 6 nitrogen and oxygen atoms in total. The molecule has 142 valence electrons. The Morgan fingerprint density at radius 1 is 1.30 bits per heavy atom. The maximum Gasteiger partial charge on any atom is 0.260 e. The Labute approximate surface area is 162 Å². The summed E-state index contributed by atoms with van der Waals surface area (Å²) >= 11 is 1.80. The minimum Gasteiger partial charge on any atom is -0.477 e. The van der Waals surface area contributed by atoms with Crippen LogP contribution in [0.3, 0.4) is 0 Å². The van der Waals surface area contributed by atoms with Gasteiger partial charge >= 0.3 is 0 Å². The third-order valence-corrected chi connectivity index (χ3v) is 6.32. The number of nitrogens with zero attached hydrogens (tertiary/aromatic N) is 2. The van der Waals surface area contributed by atoms with E-state index >= 15 is 0 Å². The number of nitrogens with two attached hydrogens (primary N) is 1. The lowest BCUT2D eigenvalue weighted by Crippen LogP contribution is -2.52. The van der Waals surface area contributed by atoms with Crippen LogP contribution in [0.15, 0.2) is 35.7 Å². The molecule has 0 unspecified atom stereocenters. The first-order valence-corrected chi connectivity index (χ1v) is 10.1. The van der Waals surface area contributed by atoms with E-state index in [1.54, 1.807) is 22.3 Å². The van der Waals surface area contributed by atoms with Crippen molar-refractivity contribution < 1.29 is 14.3 Å². The Bertz CT molecular complexity index is 866. The lowest BCUT2D eigenvalue weighted by molar-refractivity contribution is -0.125. The van der Waals surface area contributed by atoms with Gasteiger partial charge in [0.15, 0.2) is 6.10 Å². The molecule has 0 saturated heterocycles. The largest absolute Gasteiger partial charge is 0.477 e. The highest BCUT2D eigenvalue weighted by Gasteiger charge is 2.35. The molecule has 1 aromatic heterocycles. The summed E-state index contributed by atoms with van der Waals surface area (Å²) in [5.41, 5.74) is 7.49. The third-order valence-electron chi connectivity index (χ3n) is 5.32. The number of rotatable bonds is 4. The highest BCUT2D eigenvalue weighted by atomic mass is 32.1. The van der Waals surface area contributed by atoms with Crippen LogP contribution in [0.25, 0.3) is 0 Å². The van der Waals surface area contributed by atoms with Crippen LogP contribution in [0, 0.1) is 0 Å². The normalized spacial score (nSPS) is 21.9. The fourth-order valence-electron chi connectivity index (χ4n) is 3.99. The first-order chi connectivity index (χ1) is 13.1. The van der Waals surface area contributed by atoms with E-state index in [0.717, 1.165) is 19.4 Å². The third kappa shape index (κ3) is 3.33. The van der Waals surface area contributed by atoms with Gasteiger partial charge in [-0.1, -0.05) is 19.1 Å². The number of primary amides is 1. The first kappa shape index (κ1) is 18.0. The van der Waals surface area contributed by atoms with Crippen molar-refractivity contribution >= 4 is 28.8 Å². The fraction of sp³-hybridized carbons (Fsp3) is 0.400. The van der Waals surface area contributed by atoms with Gasteiger partial charge in [-0.3, -0.25) is 14.5 Å². The first-order valence-electron chi connectivity index (χ1n) is 9.24. The predicted octanol–water partition coefficient (Wildman–Crippen LogP) is 2.34. The summed E-state index contributed by atoms with van der Waals surface area (Å²) in [6.07, 6.45) is 1.11. The van der Waals surface area contributed by atoms with Crippen LogP contribution in [0.1, 0.15) is 29.8 Å². The topological polar surface area (TPSA) is 75.9 Å². The summed E-state index contributed by atoms with van der Waals surface area (Å²) in [6.45, 7) is 3.48. The van der Waals surface area contributed by atoms with Crippen LogP contribution >= 0.6 is 11.3 Å². The van der Waals surface area contributed by atoms with E-state index in [9.17, 15) is 9.59 Å².